The lowest BCUT2D eigenvalue weighted by atomic mass is 10.3. The molecule has 0 radical (unpaired) electrons. The third-order valence-corrected chi connectivity index (χ3v) is 2.15. The van der Waals surface area contributed by atoms with E-state index in [2.05, 4.69) is 42.4 Å². The Hall–Kier alpha value is -1.48. The molecule has 0 amide bonds. The standard InChI is InChI=1S/C9H17N2.N3/c1-4-5-6-11-8-7-10(3)9(11)2;1-3-2/h7-8H,4-6H2,1-3H3;/q+1;-1. The van der Waals surface area contributed by atoms with E-state index < -0.39 is 0 Å². The number of nitrogens with zero attached hydrogens (tertiary/aromatic N) is 5. The van der Waals surface area contributed by atoms with Gasteiger partial charge in [-0.25, -0.2) is 9.13 Å². The van der Waals surface area contributed by atoms with Gasteiger partial charge in [0.1, 0.15) is 12.4 Å². The minimum atomic E-state index is 1.16. The Morgan fingerprint density at radius 1 is 1.50 bits per heavy atom. The molecule has 5 heteroatoms. The Kier molecular flexibility index (Phi) is 6.24. The van der Waals surface area contributed by atoms with Crippen LogP contribution in [-0.2, 0) is 13.6 Å². The highest BCUT2D eigenvalue weighted by atomic mass is 15.1. The van der Waals surface area contributed by atoms with E-state index in [1.165, 1.54) is 23.6 Å². The molecule has 1 heterocycles. The van der Waals surface area contributed by atoms with E-state index in [1.807, 2.05) is 0 Å². The quantitative estimate of drug-likeness (QED) is 0.307. The molecule has 0 aliphatic carbocycles. The molecule has 0 aliphatic rings. The summed E-state index contributed by atoms with van der Waals surface area (Å²) in [4.78, 5) is 1.50. The molecule has 0 aliphatic heterocycles. The predicted molar refractivity (Wildman–Crippen MR) is 55.3 cm³/mol. The summed E-state index contributed by atoms with van der Waals surface area (Å²) >= 11 is 0. The molecular formula is C9H17N5. The predicted octanol–water partition coefficient (Wildman–Crippen LogP) is 2.29. The first-order valence-corrected chi connectivity index (χ1v) is 4.67. The molecule has 0 saturated heterocycles. The van der Waals surface area contributed by atoms with Gasteiger partial charge >= 0.3 is 0 Å². The van der Waals surface area contributed by atoms with Crippen molar-refractivity contribution in [2.24, 2.45) is 7.05 Å². The van der Waals surface area contributed by atoms with E-state index in [0.717, 1.165) is 6.54 Å². The number of hydrogen-bond donors (Lipinski definition) is 0. The highest BCUT2D eigenvalue weighted by Crippen LogP contribution is 1.96. The Bertz CT molecular complexity index is 296. The Morgan fingerprint density at radius 2 is 2.07 bits per heavy atom. The van der Waals surface area contributed by atoms with Crippen molar-refractivity contribution < 1.29 is 4.57 Å². The molecule has 0 saturated carbocycles. The van der Waals surface area contributed by atoms with Gasteiger partial charge < -0.3 is 11.1 Å². The number of aryl methyl sites for hydroxylation is 2. The van der Waals surface area contributed by atoms with E-state index in [-0.39, 0.29) is 0 Å². The van der Waals surface area contributed by atoms with E-state index in [0.29, 0.717) is 0 Å². The maximum absolute atomic E-state index is 6.75. The molecule has 14 heavy (non-hydrogen) atoms. The zero-order valence-electron chi connectivity index (χ0n) is 9.01. The Labute approximate surface area is 84.4 Å². The van der Waals surface area contributed by atoms with Crippen LogP contribution in [-0.4, -0.2) is 4.57 Å². The van der Waals surface area contributed by atoms with Crippen molar-refractivity contribution in [1.82, 2.24) is 4.57 Å². The van der Waals surface area contributed by atoms with Crippen LogP contribution in [0.5, 0.6) is 0 Å². The Morgan fingerprint density at radius 3 is 2.43 bits per heavy atom. The molecule has 1 aromatic rings. The fraction of sp³-hybridized carbons (Fsp3) is 0.667. The first-order valence-electron chi connectivity index (χ1n) is 4.67. The van der Waals surface area contributed by atoms with E-state index in [9.17, 15) is 0 Å². The lowest BCUT2D eigenvalue weighted by Gasteiger charge is -1.95. The van der Waals surface area contributed by atoms with Gasteiger partial charge in [-0.05, 0) is 6.42 Å². The fourth-order valence-corrected chi connectivity index (χ4v) is 1.16. The molecule has 0 atom stereocenters. The number of aromatic nitrogens is 2. The van der Waals surface area contributed by atoms with Gasteiger partial charge in [-0.3, -0.25) is 4.91 Å². The molecule has 0 aromatic carbocycles. The third kappa shape index (κ3) is 3.96. The maximum atomic E-state index is 6.75. The number of hydrogen-bond acceptors (Lipinski definition) is 0. The fourth-order valence-electron chi connectivity index (χ4n) is 1.16. The van der Waals surface area contributed by atoms with Crippen LogP contribution in [0.2, 0.25) is 0 Å². The molecule has 0 bridgehead atoms. The monoisotopic (exact) mass is 195 g/mol. The molecule has 0 spiro atoms. The summed E-state index contributed by atoms with van der Waals surface area (Å²) in [7, 11) is 2.08. The second kappa shape index (κ2) is 6.97. The molecular weight excluding hydrogens is 178 g/mol. The largest absolute Gasteiger partial charge is 0.373 e. The summed E-state index contributed by atoms with van der Waals surface area (Å²) in [5.41, 5.74) is 13.5. The zero-order valence-corrected chi connectivity index (χ0v) is 9.01. The molecule has 78 valence electrons. The second-order valence-corrected chi connectivity index (χ2v) is 3.09. The van der Waals surface area contributed by atoms with Crippen molar-refractivity contribution in [3.63, 3.8) is 0 Å². The summed E-state index contributed by atoms with van der Waals surface area (Å²) < 4.78 is 4.44. The third-order valence-electron chi connectivity index (χ3n) is 2.15. The number of imidazole rings is 1. The number of rotatable bonds is 3. The van der Waals surface area contributed by atoms with Crippen molar-refractivity contribution in [3.05, 3.63) is 34.2 Å². The summed E-state index contributed by atoms with van der Waals surface area (Å²) in [6.07, 6.45) is 6.78. The normalized spacial score (nSPS) is 8.79. The Balaban J connectivity index is 0.000000500. The highest BCUT2D eigenvalue weighted by molar-refractivity contribution is 4.78. The first-order chi connectivity index (χ1) is 6.67. The summed E-state index contributed by atoms with van der Waals surface area (Å²) in [5, 5.41) is 0. The van der Waals surface area contributed by atoms with E-state index >= 15 is 0 Å². The molecule has 0 fully saturated rings. The molecule has 0 N–H and O–H groups in total. The van der Waals surface area contributed by atoms with Crippen LogP contribution in [0.15, 0.2) is 12.4 Å². The van der Waals surface area contributed by atoms with Gasteiger partial charge in [-0.1, -0.05) is 13.3 Å². The average Bonchev–Trinajstić information content (AvgIpc) is 2.47. The highest BCUT2D eigenvalue weighted by Gasteiger charge is 2.06. The van der Waals surface area contributed by atoms with Gasteiger partial charge in [0.2, 0.25) is 0 Å². The summed E-state index contributed by atoms with van der Waals surface area (Å²) in [5.74, 6) is 1.33. The summed E-state index contributed by atoms with van der Waals surface area (Å²) in [6, 6.07) is 0. The van der Waals surface area contributed by atoms with E-state index in [4.69, 9.17) is 11.1 Å². The average molecular weight is 195 g/mol. The first kappa shape index (κ1) is 12.5. The second-order valence-electron chi connectivity index (χ2n) is 3.09. The van der Waals surface area contributed by atoms with Crippen LogP contribution < -0.4 is 4.57 Å². The van der Waals surface area contributed by atoms with Crippen molar-refractivity contribution in [2.45, 2.75) is 33.2 Å². The van der Waals surface area contributed by atoms with Crippen molar-refractivity contribution in [1.29, 1.82) is 0 Å². The molecule has 0 unspecified atom stereocenters. The molecule has 1 aromatic heterocycles. The van der Waals surface area contributed by atoms with Crippen molar-refractivity contribution >= 4 is 0 Å². The van der Waals surface area contributed by atoms with Crippen LogP contribution >= 0.6 is 0 Å². The lowest BCUT2D eigenvalue weighted by molar-refractivity contribution is -0.677. The van der Waals surface area contributed by atoms with Crippen LogP contribution in [0.25, 0.3) is 16.0 Å². The van der Waals surface area contributed by atoms with Gasteiger partial charge in [0.25, 0.3) is 5.82 Å². The van der Waals surface area contributed by atoms with Crippen LogP contribution in [0.1, 0.15) is 25.6 Å². The topological polar surface area (TPSA) is 67.5 Å². The van der Waals surface area contributed by atoms with Crippen molar-refractivity contribution in [2.75, 3.05) is 0 Å². The summed E-state index contributed by atoms with van der Waals surface area (Å²) in [6.45, 7) is 5.53. The molecule has 1 rings (SSSR count). The SMILES string of the molecule is CCCCn1cc[n+](C)c1C.[N-]=[N+]=[N-]. The molecule has 5 nitrogen and oxygen atoms in total. The van der Waals surface area contributed by atoms with Gasteiger partial charge in [0, 0.05) is 6.92 Å². The van der Waals surface area contributed by atoms with Crippen LogP contribution in [0.4, 0.5) is 0 Å². The van der Waals surface area contributed by atoms with Crippen molar-refractivity contribution in [3.8, 4) is 0 Å². The van der Waals surface area contributed by atoms with Gasteiger partial charge in [-0.2, -0.15) is 0 Å². The smallest absolute Gasteiger partial charge is 0.253 e. The van der Waals surface area contributed by atoms with Gasteiger partial charge in [0.15, 0.2) is 0 Å². The zero-order chi connectivity index (χ0) is 11.0. The van der Waals surface area contributed by atoms with Gasteiger partial charge in [0.05, 0.1) is 13.6 Å². The lowest BCUT2D eigenvalue weighted by Crippen LogP contribution is -2.29. The van der Waals surface area contributed by atoms with Crippen LogP contribution in [0, 0.1) is 6.92 Å². The van der Waals surface area contributed by atoms with E-state index in [1.54, 1.807) is 0 Å². The number of unbranched alkanes of at least 4 members (excludes halogenated alkanes) is 1. The minimum absolute atomic E-state index is 1.16. The van der Waals surface area contributed by atoms with Crippen LogP contribution in [0.3, 0.4) is 0 Å². The minimum Gasteiger partial charge on any atom is -0.373 e. The maximum Gasteiger partial charge on any atom is 0.253 e. The van der Waals surface area contributed by atoms with Gasteiger partial charge in [-0.15, -0.1) is 0 Å².